The van der Waals surface area contributed by atoms with E-state index >= 15 is 0 Å². The van der Waals surface area contributed by atoms with Crippen LogP contribution in [0.4, 0.5) is 0 Å². The van der Waals surface area contributed by atoms with Gasteiger partial charge in [0.2, 0.25) is 0 Å². The van der Waals surface area contributed by atoms with Gasteiger partial charge in [-0.3, -0.25) is 9.78 Å². The fourth-order valence-corrected chi connectivity index (χ4v) is 6.07. The number of aryl methyl sites for hydroxylation is 1. The van der Waals surface area contributed by atoms with Crippen molar-refractivity contribution >= 4 is 5.78 Å². The smallest absolute Gasteiger partial charge is 0.139 e. The number of pyridine rings is 1. The van der Waals surface area contributed by atoms with Crippen LogP contribution >= 0.6 is 0 Å². The van der Waals surface area contributed by atoms with Gasteiger partial charge in [-0.2, -0.15) is 0 Å². The van der Waals surface area contributed by atoms with E-state index in [1.807, 2.05) is 18.3 Å². The average Bonchev–Trinajstić information content (AvgIpc) is 3.01. The number of fused-ring (bicyclic) bond motifs is 5. The predicted molar refractivity (Wildman–Crippen MR) is 105 cm³/mol. The predicted octanol–water partition coefficient (Wildman–Crippen LogP) is 5.09. The van der Waals surface area contributed by atoms with Crippen LogP contribution in [0.1, 0.15) is 61.6 Å². The van der Waals surface area contributed by atoms with Crippen LogP contribution in [0.2, 0.25) is 0 Å². The molecule has 140 valence electrons. The number of rotatable bonds is 3. The Balaban J connectivity index is 1.35. The summed E-state index contributed by atoms with van der Waals surface area (Å²) in [5, 5.41) is 0. The van der Waals surface area contributed by atoms with E-state index in [-0.39, 0.29) is 5.41 Å². The summed E-state index contributed by atoms with van der Waals surface area (Å²) in [6, 6.07) is 10.7. The molecule has 0 aliphatic heterocycles. The number of aromatic nitrogens is 1. The maximum Gasteiger partial charge on any atom is 0.139 e. The molecule has 1 heterocycles. The molecule has 2 aromatic rings. The minimum atomic E-state index is -0.0363. The molecule has 0 spiro atoms. The van der Waals surface area contributed by atoms with E-state index in [2.05, 4.69) is 30.1 Å². The minimum Gasteiger partial charge on any atom is -0.489 e. The molecule has 4 atom stereocenters. The minimum absolute atomic E-state index is 0.0363. The summed E-state index contributed by atoms with van der Waals surface area (Å²) in [6.45, 7) is 2.80. The van der Waals surface area contributed by atoms with E-state index in [0.29, 0.717) is 30.1 Å². The quantitative estimate of drug-likeness (QED) is 0.765. The summed E-state index contributed by atoms with van der Waals surface area (Å²) in [7, 11) is 0. The van der Waals surface area contributed by atoms with E-state index in [9.17, 15) is 4.79 Å². The molecule has 0 N–H and O–H groups in total. The monoisotopic (exact) mass is 361 g/mol. The third-order valence-electron chi connectivity index (χ3n) is 7.54. The number of carbonyl (C=O) groups excluding carboxylic acids is 1. The summed E-state index contributed by atoms with van der Waals surface area (Å²) < 4.78 is 6.01. The van der Waals surface area contributed by atoms with Crippen LogP contribution in [0.5, 0.6) is 5.75 Å². The molecule has 3 aliphatic rings. The Hall–Kier alpha value is -2.16. The van der Waals surface area contributed by atoms with Crippen molar-refractivity contribution < 1.29 is 9.53 Å². The van der Waals surface area contributed by atoms with Crippen molar-refractivity contribution in [1.82, 2.24) is 4.98 Å². The van der Waals surface area contributed by atoms with E-state index in [1.165, 1.54) is 17.5 Å². The lowest BCUT2D eigenvalue weighted by molar-refractivity contribution is -0.129. The summed E-state index contributed by atoms with van der Waals surface area (Å²) in [4.78, 5) is 16.6. The lowest BCUT2D eigenvalue weighted by Crippen LogP contribution is -2.42. The molecule has 0 saturated heterocycles. The van der Waals surface area contributed by atoms with E-state index < -0.39 is 0 Å². The number of Topliss-reactive ketones (excluding diaryl/α,β-unsaturated/α-hetero) is 1. The maximum absolute atomic E-state index is 12.5. The van der Waals surface area contributed by atoms with Gasteiger partial charge in [-0.25, -0.2) is 0 Å². The molecule has 2 fully saturated rings. The van der Waals surface area contributed by atoms with Crippen LogP contribution < -0.4 is 4.74 Å². The van der Waals surface area contributed by atoms with Gasteiger partial charge in [0.05, 0.1) is 0 Å². The van der Waals surface area contributed by atoms with Gasteiger partial charge < -0.3 is 4.74 Å². The SMILES string of the molecule is C[C@]12CC[C@@H]3c4ccc(OCc5cccnc5)cc4CC[C@H]3[C@@H]1CCC2=O. The van der Waals surface area contributed by atoms with Gasteiger partial charge in [-0.1, -0.05) is 19.1 Å². The van der Waals surface area contributed by atoms with Crippen LogP contribution in [-0.2, 0) is 17.8 Å². The number of ether oxygens (including phenoxy) is 1. The molecule has 27 heavy (non-hydrogen) atoms. The zero-order valence-corrected chi connectivity index (χ0v) is 16.0. The second-order valence-electron chi connectivity index (χ2n) is 8.84. The van der Waals surface area contributed by atoms with E-state index in [4.69, 9.17) is 4.74 Å². The number of benzene rings is 1. The fraction of sp³-hybridized carbons (Fsp3) is 0.500. The van der Waals surface area contributed by atoms with Crippen molar-refractivity contribution in [2.75, 3.05) is 0 Å². The van der Waals surface area contributed by atoms with Crippen molar-refractivity contribution in [3.8, 4) is 5.75 Å². The second-order valence-corrected chi connectivity index (χ2v) is 8.84. The average molecular weight is 361 g/mol. The van der Waals surface area contributed by atoms with Crippen LogP contribution in [0, 0.1) is 17.3 Å². The summed E-state index contributed by atoms with van der Waals surface area (Å²) >= 11 is 0. The first-order valence-electron chi connectivity index (χ1n) is 10.3. The Labute approximate surface area is 161 Å². The zero-order chi connectivity index (χ0) is 18.4. The van der Waals surface area contributed by atoms with Crippen LogP contribution in [0.3, 0.4) is 0 Å². The number of nitrogens with zero attached hydrogens (tertiary/aromatic N) is 1. The summed E-state index contributed by atoms with van der Waals surface area (Å²) in [6.07, 6.45) is 10.1. The third kappa shape index (κ3) is 2.79. The molecular formula is C24H27NO2. The van der Waals surface area contributed by atoms with Gasteiger partial charge in [0, 0.05) is 29.8 Å². The van der Waals surface area contributed by atoms with Crippen molar-refractivity contribution in [2.45, 2.75) is 58.0 Å². The first kappa shape index (κ1) is 17.0. The highest BCUT2D eigenvalue weighted by atomic mass is 16.5. The first-order chi connectivity index (χ1) is 13.1. The number of hydrogen-bond acceptors (Lipinski definition) is 3. The summed E-state index contributed by atoms with van der Waals surface area (Å²) in [5.74, 6) is 3.39. The van der Waals surface area contributed by atoms with Gasteiger partial charge in [0.1, 0.15) is 18.1 Å². The van der Waals surface area contributed by atoms with E-state index in [0.717, 1.165) is 43.4 Å². The fourth-order valence-electron chi connectivity index (χ4n) is 6.07. The number of hydrogen-bond donors (Lipinski definition) is 0. The highest BCUT2D eigenvalue weighted by Gasteiger charge is 2.54. The van der Waals surface area contributed by atoms with Crippen LogP contribution in [0.25, 0.3) is 0 Å². The molecule has 0 unspecified atom stereocenters. The maximum atomic E-state index is 12.5. The Morgan fingerprint density at radius 1 is 1.19 bits per heavy atom. The Morgan fingerprint density at radius 2 is 2.11 bits per heavy atom. The number of ketones is 1. The second kappa shape index (κ2) is 6.47. The van der Waals surface area contributed by atoms with Gasteiger partial charge in [0.15, 0.2) is 0 Å². The van der Waals surface area contributed by atoms with Crippen LogP contribution in [-0.4, -0.2) is 10.8 Å². The van der Waals surface area contributed by atoms with Gasteiger partial charge in [-0.05, 0) is 79.2 Å². The molecule has 1 aromatic carbocycles. The molecule has 1 aromatic heterocycles. The van der Waals surface area contributed by atoms with Gasteiger partial charge in [-0.15, -0.1) is 0 Å². The van der Waals surface area contributed by atoms with Crippen LogP contribution in [0.15, 0.2) is 42.7 Å². The largest absolute Gasteiger partial charge is 0.489 e. The van der Waals surface area contributed by atoms with Crippen molar-refractivity contribution in [2.24, 2.45) is 17.3 Å². The molecule has 0 bridgehead atoms. The molecule has 0 radical (unpaired) electrons. The first-order valence-corrected chi connectivity index (χ1v) is 10.3. The van der Waals surface area contributed by atoms with Crippen molar-refractivity contribution in [3.63, 3.8) is 0 Å². The third-order valence-corrected chi connectivity index (χ3v) is 7.54. The van der Waals surface area contributed by atoms with Gasteiger partial charge >= 0.3 is 0 Å². The normalized spacial score (nSPS) is 31.7. The van der Waals surface area contributed by atoms with E-state index in [1.54, 1.807) is 6.20 Å². The van der Waals surface area contributed by atoms with Crippen molar-refractivity contribution in [1.29, 1.82) is 0 Å². The molecular weight excluding hydrogens is 334 g/mol. The molecule has 2 saturated carbocycles. The highest BCUT2D eigenvalue weighted by molar-refractivity contribution is 5.87. The lowest BCUT2D eigenvalue weighted by Gasteiger charge is -2.48. The van der Waals surface area contributed by atoms with Crippen molar-refractivity contribution in [3.05, 3.63) is 59.4 Å². The Kier molecular flexibility index (Phi) is 4.07. The summed E-state index contributed by atoms with van der Waals surface area (Å²) in [5.41, 5.74) is 4.02. The number of carbonyl (C=O) groups is 1. The Bertz CT molecular complexity index is 862. The topological polar surface area (TPSA) is 39.2 Å². The standard InChI is InChI=1S/C24H27NO2/c1-24-11-10-20-19-7-5-18(27-15-16-3-2-12-25-14-16)13-17(19)4-6-21(20)22(24)8-9-23(24)26/h2-3,5,7,12-14,20-22H,4,6,8-11,15H2,1H3/t20-,21-,22+,24+/m1/s1. The molecule has 5 rings (SSSR count). The molecule has 3 heteroatoms. The molecule has 3 nitrogen and oxygen atoms in total. The highest BCUT2D eigenvalue weighted by Crippen LogP contribution is 2.59. The molecule has 0 amide bonds. The zero-order valence-electron chi connectivity index (χ0n) is 16.0. The van der Waals surface area contributed by atoms with Gasteiger partial charge in [0.25, 0.3) is 0 Å². The molecule has 3 aliphatic carbocycles. The lowest BCUT2D eigenvalue weighted by atomic mass is 9.55. The Morgan fingerprint density at radius 3 is 2.96 bits per heavy atom.